The molecule has 1 fully saturated rings. The summed E-state index contributed by atoms with van der Waals surface area (Å²) in [4.78, 5) is 32.4. The summed E-state index contributed by atoms with van der Waals surface area (Å²) in [6, 6.07) is 8.64. The van der Waals surface area contributed by atoms with E-state index >= 15 is 0 Å². The Morgan fingerprint density at radius 1 is 0.971 bits per heavy atom. The maximum absolute atomic E-state index is 11.9. The van der Waals surface area contributed by atoms with Crippen LogP contribution in [0.2, 0.25) is 0 Å². The molecule has 2 atom stereocenters. The molecule has 1 amide bonds. The van der Waals surface area contributed by atoms with Crippen molar-refractivity contribution >= 4 is 17.8 Å². The largest absolute Gasteiger partial charge is 0.480 e. The fourth-order valence-electron chi connectivity index (χ4n) is 3.97. The second-order valence-corrected chi connectivity index (χ2v) is 9.35. The summed E-state index contributed by atoms with van der Waals surface area (Å²) in [6.07, 6.45) is 17.0. The predicted octanol–water partition coefficient (Wildman–Crippen LogP) is 5.15. The van der Waals surface area contributed by atoms with E-state index in [9.17, 15) is 14.4 Å². The number of nitrogens with two attached hydrogens (primary N) is 1. The summed E-state index contributed by atoms with van der Waals surface area (Å²) in [6.45, 7) is 2.76. The Morgan fingerprint density at radius 2 is 1.51 bits per heavy atom. The molecule has 0 radical (unpaired) electrons. The Morgan fingerprint density at radius 3 is 1.97 bits per heavy atom. The van der Waals surface area contributed by atoms with Crippen molar-refractivity contribution in [3.8, 4) is 0 Å². The van der Waals surface area contributed by atoms with Crippen molar-refractivity contribution < 1.29 is 24.2 Å². The molecule has 0 spiro atoms. The minimum absolute atomic E-state index is 0.164. The van der Waals surface area contributed by atoms with E-state index in [1.54, 1.807) is 0 Å². The Labute approximate surface area is 211 Å². The lowest BCUT2D eigenvalue weighted by Gasteiger charge is -2.11. The summed E-state index contributed by atoms with van der Waals surface area (Å²) in [5.74, 6) is -1.39. The number of carboxylic acids is 1. The van der Waals surface area contributed by atoms with Crippen LogP contribution in [0.15, 0.2) is 30.3 Å². The third-order valence-electron chi connectivity index (χ3n) is 6.14. The standard InChI is InChI=1S/C23H39NO2.C5H7NO3/c1-2-3-4-5-6-7-8-9-10-11-12-16-19-26-23(25)22(24)20-21-17-14-13-15-18-21;7-4-2-1-3(6-4)5(8)9/h13-15,17-18,22H,2-12,16,19-20,24H2,1H3;3H,1-2H2,(H,6,7)(H,8,9)/t22-;3-/m00/s1. The van der Waals surface area contributed by atoms with Gasteiger partial charge in [0.1, 0.15) is 12.1 Å². The number of benzene rings is 1. The first-order valence-corrected chi connectivity index (χ1v) is 13.4. The van der Waals surface area contributed by atoms with Gasteiger partial charge in [0, 0.05) is 6.42 Å². The molecule has 0 saturated carbocycles. The molecule has 1 heterocycles. The molecular weight excluding hydrogens is 444 g/mol. The fraction of sp³-hybridized carbons (Fsp3) is 0.679. The zero-order chi connectivity index (χ0) is 25.7. The van der Waals surface area contributed by atoms with Crippen LogP contribution in [-0.2, 0) is 25.5 Å². The van der Waals surface area contributed by atoms with Gasteiger partial charge in [0.2, 0.25) is 5.91 Å². The fourth-order valence-corrected chi connectivity index (χ4v) is 3.97. The number of amides is 1. The number of carboxylic acid groups (broad SMARTS) is 1. The number of aliphatic carboxylic acids is 1. The van der Waals surface area contributed by atoms with E-state index in [-0.39, 0.29) is 11.9 Å². The molecule has 7 nitrogen and oxygen atoms in total. The van der Waals surface area contributed by atoms with Crippen LogP contribution >= 0.6 is 0 Å². The lowest BCUT2D eigenvalue weighted by Crippen LogP contribution is -2.34. The summed E-state index contributed by atoms with van der Waals surface area (Å²) >= 11 is 0. The van der Waals surface area contributed by atoms with Gasteiger partial charge in [-0.2, -0.15) is 0 Å². The second-order valence-electron chi connectivity index (χ2n) is 9.35. The SMILES string of the molecule is CCCCCCCCCCCCCCOC(=O)[C@@H](N)Cc1ccccc1.O=C1CC[C@@H](C(=O)O)N1. The number of hydrogen-bond acceptors (Lipinski definition) is 5. The van der Waals surface area contributed by atoms with Gasteiger partial charge in [-0.25, -0.2) is 4.79 Å². The minimum atomic E-state index is -0.944. The van der Waals surface area contributed by atoms with Crippen molar-refractivity contribution in [1.82, 2.24) is 5.32 Å². The summed E-state index contributed by atoms with van der Waals surface area (Å²) < 4.78 is 5.30. The summed E-state index contributed by atoms with van der Waals surface area (Å²) in [5, 5.41) is 10.6. The molecule has 1 aromatic rings. The molecule has 1 aliphatic heterocycles. The minimum Gasteiger partial charge on any atom is -0.480 e. The van der Waals surface area contributed by atoms with Gasteiger partial charge in [0.05, 0.1) is 6.61 Å². The van der Waals surface area contributed by atoms with E-state index in [1.165, 1.54) is 64.2 Å². The molecule has 1 saturated heterocycles. The maximum atomic E-state index is 11.9. The van der Waals surface area contributed by atoms with Gasteiger partial charge < -0.3 is 20.9 Å². The molecule has 0 aromatic heterocycles. The number of unbranched alkanes of at least 4 members (excludes halogenated alkanes) is 11. The predicted molar refractivity (Wildman–Crippen MR) is 139 cm³/mol. The van der Waals surface area contributed by atoms with Crippen molar-refractivity contribution in [1.29, 1.82) is 0 Å². The highest BCUT2D eigenvalue weighted by atomic mass is 16.5. The van der Waals surface area contributed by atoms with Crippen LogP contribution in [0.4, 0.5) is 0 Å². The van der Waals surface area contributed by atoms with Gasteiger partial charge in [-0.3, -0.25) is 9.59 Å². The van der Waals surface area contributed by atoms with Gasteiger partial charge in [0.25, 0.3) is 0 Å². The molecule has 35 heavy (non-hydrogen) atoms. The van der Waals surface area contributed by atoms with Crippen molar-refractivity contribution in [2.75, 3.05) is 6.61 Å². The monoisotopic (exact) mass is 490 g/mol. The highest BCUT2D eigenvalue weighted by molar-refractivity contribution is 5.87. The first-order chi connectivity index (χ1) is 16.9. The van der Waals surface area contributed by atoms with E-state index in [0.29, 0.717) is 25.9 Å². The van der Waals surface area contributed by atoms with Crippen LogP contribution in [0.5, 0.6) is 0 Å². The quantitative estimate of drug-likeness (QED) is 0.205. The number of rotatable bonds is 17. The highest BCUT2D eigenvalue weighted by Crippen LogP contribution is 2.12. The zero-order valence-corrected chi connectivity index (χ0v) is 21.5. The molecular formula is C28H46N2O5. The normalized spacial score (nSPS) is 15.6. The number of carbonyl (C=O) groups excluding carboxylic acids is 2. The van der Waals surface area contributed by atoms with Crippen molar-refractivity contribution in [2.24, 2.45) is 5.73 Å². The van der Waals surface area contributed by atoms with Gasteiger partial charge in [0.15, 0.2) is 0 Å². The van der Waals surface area contributed by atoms with Crippen molar-refractivity contribution in [2.45, 2.75) is 115 Å². The van der Waals surface area contributed by atoms with Gasteiger partial charge in [-0.15, -0.1) is 0 Å². The van der Waals surface area contributed by atoms with Crippen LogP contribution < -0.4 is 11.1 Å². The molecule has 2 rings (SSSR count). The Kier molecular flexibility index (Phi) is 17.4. The van der Waals surface area contributed by atoms with Crippen LogP contribution in [0.25, 0.3) is 0 Å². The smallest absolute Gasteiger partial charge is 0.326 e. The number of carbonyl (C=O) groups is 3. The summed E-state index contributed by atoms with van der Waals surface area (Å²) in [7, 11) is 0. The van der Waals surface area contributed by atoms with E-state index < -0.39 is 18.1 Å². The van der Waals surface area contributed by atoms with Crippen LogP contribution in [0.3, 0.4) is 0 Å². The third-order valence-corrected chi connectivity index (χ3v) is 6.14. The molecule has 0 aliphatic carbocycles. The highest BCUT2D eigenvalue weighted by Gasteiger charge is 2.26. The van der Waals surface area contributed by atoms with Crippen LogP contribution in [-0.4, -0.2) is 41.6 Å². The number of nitrogens with one attached hydrogen (secondary N) is 1. The molecule has 7 heteroatoms. The average molecular weight is 491 g/mol. The number of hydrogen-bond donors (Lipinski definition) is 3. The molecule has 1 aromatic carbocycles. The Hall–Kier alpha value is -2.41. The first kappa shape index (κ1) is 30.6. The van der Waals surface area contributed by atoms with Gasteiger partial charge in [-0.1, -0.05) is 108 Å². The van der Waals surface area contributed by atoms with E-state index in [2.05, 4.69) is 12.2 Å². The topological polar surface area (TPSA) is 119 Å². The average Bonchev–Trinajstić information content (AvgIpc) is 3.29. The van der Waals surface area contributed by atoms with E-state index in [0.717, 1.165) is 18.4 Å². The molecule has 0 unspecified atom stereocenters. The molecule has 198 valence electrons. The lowest BCUT2D eigenvalue weighted by molar-refractivity contribution is -0.145. The first-order valence-electron chi connectivity index (χ1n) is 13.4. The summed E-state index contributed by atoms with van der Waals surface area (Å²) in [5.41, 5.74) is 6.99. The second kappa shape index (κ2) is 19.8. The molecule has 4 N–H and O–H groups in total. The van der Waals surface area contributed by atoms with Crippen LogP contribution in [0, 0.1) is 0 Å². The molecule has 0 bridgehead atoms. The zero-order valence-electron chi connectivity index (χ0n) is 21.5. The number of ether oxygens (including phenoxy) is 1. The van der Waals surface area contributed by atoms with Gasteiger partial charge >= 0.3 is 11.9 Å². The Bertz CT molecular complexity index is 711. The maximum Gasteiger partial charge on any atom is 0.326 e. The third kappa shape index (κ3) is 16.0. The number of esters is 1. The van der Waals surface area contributed by atoms with E-state index in [1.807, 2.05) is 30.3 Å². The molecule has 1 aliphatic rings. The van der Waals surface area contributed by atoms with Gasteiger partial charge in [-0.05, 0) is 24.8 Å². The van der Waals surface area contributed by atoms with Crippen LogP contribution in [0.1, 0.15) is 102 Å². The lowest BCUT2D eigenvalue weighted by atomic mass is 10.1. The van der Waals surface area contributed by atoms with E-state index in [4.69, 9.17) is 15.6 Å². The van der Waals surface area contributed by atoms with Crippen molar-refractivity contribution in [3.05, 3.63) is 35.9 Å². The van der Waals surface area contributed by atoms with Crippen molar-refractivity contribution in [3.63, 3.8) is 0 Å². The Balaban J connectivity index is 0.000000566.